The van der Waals surface area contributed by atoms with Gasteiger partial charge in [0.1, 0.15) is 6.54 Å². The predicted molar refractivity (Wildman–Crippen MR) is 128 cm³/mol. The van der Waals surface area contributed by atoms with Gasteiger partial charge in [0, 0.05) is 53.4 Å². The molecule has 1 N–H and O–H groups in total. The molecule has 1 unspecified atom stereocenters. The third-order valence-corrected chi connectivity index (χ3v) is 6.34. The standard InChI is InChI=1S/C21H39N5O2.HI/c1-24(2)20(27)15-23-21(22-14-18-6-4-3-5-7-18)26-9-8-19(17-26)16-25-10-12-28-13-11-25;/h18-19H,3-17H2,1-2H3,(H,22,23);1H. The molecule has 1 amide bonds. The molecule has 1 saturated carbocycles. The number of halogens is 1. The highest BCUT2D eigenvalue weighted by molar-refractivity contribution is 14.0. The molecule has 2 aliphatic heterocycles. The largest absolute Gasteiger partial charge is 0.379 e. The van der Waals surface area contributed by atoms with Crippen molar-refractivity contribution in [3.63, 3.8) is 0 Å². The Kier molecular flexibility index (Phi) is 11.0. The average molecular weight is 521 g/mol. The van der Waals surface area contributed by atoms with E-state index in [1.165, 1.54) is 38.5 Å². The van der Waals surface area contributed by atoms with E-state index in [0.29, 0.717) is 5.92 Å². The first-order valence-corrected chi connectivity index (χ1v) is 11.2. The van der Waals surface area contributed by atoms with Crippen molar-refractivity contribution in [3.8, 4) is 0 Å². The third-order valence-electron chi connectivity index (χ3n) is 6.34. The number of hydrogen-bond acceptors (Lipinski definition) is 4. The van der Waals surface area contributed by atoms with Crippen LogP contribution in [0.15, 0.2) is 4.99 Å². The van der Waals surface area contributed by atoms with Gasteiger partial charge in [0.15, 0.2) is 5.96 Å². The van der Waals surface area contributed by atoms with Crippen molar-refractivity contribution >= 4 is 35.8 Å². The van der Waals surface area contributed by atoms with Crippen molar-refractivity contribution < 1.29 is 9.53 Å². The Balaban J connectivity index is 0.00000300. The van der Waals surface area contributed by atoms with Crippen LogP contribution in [0.1, 0.15) is 38.5 Å². The van der Waals surface area contributed by atoms with Crippen LogP contribution in [0.4, 0.5) is 0 Å². The van der Waals surface area contributed by atoms with Crippen molar-refractivity contribution in [3.05, 3.63) is 0 Å². The predicted octanol–water partition coefficient (Wildman–Crippen LogP) is 1.87. The molecule has 29 heavy (non-hydrogen) atoms. The van der Waals surface area contributed by atoms with Crippen LogP contribution in [0.5, 0.6) is 0 Å². The Hall–Kier alpha value is -0.610. The van der Waals surface area contributed by atoms with E-state index in [4.69, 9.17) is 9.73 Å². The number of nitrogens with one attached hydrogen (secondary N) is 1. The van der Waals surface area contributed by atoms with Crippen LogP contribution in [0, 0.1) is 11.8 Å². The van der Waals surface area contributed by atoms with E-state index in [9.17, 15) is 4.79 Å². The number of likely N-dealkylation sites (N-methyl/N-ethyl adjacent to an activating group) is 1. The molecular formula is C21H40IN5O2. The fourth-order valence-corrected chi connectivity index (χ4v) is 4.50. The van der Waals surface area contributed by atoms with E-state index in [-0.39, 0.29) is 36.4 Å². The molecular weight excluding hydrogens is 481 g/mol. The Labute approximate surface area is 193 Å². The van der Waals surface area contributed by atoms with Crippen LogP contribution in [-0.2, 0) is 9.53 Å². The summed E-state index contributed by atoms with van der Waals surface area (Å²) < 4.78 is 5.47. The van der Waals surface area contributed by atoms with Gasteiger partial charge in [-0.3, -0.25) is 9.69 Å². The molecule has 0 aromatic heterocycles. The fraction of sp³-hybridized carbons (Fsp3) is 0.905. The normalized spacial score (nSPS) is 24.3. The number of carbonyl (C=O) groups is 1. The summed E-state index contributed by atoms with van der Waals surface area (Å²) in [6.07, 6.45) is 7.91. The monoisotopic (exact) mass is 521 g/mol. The van der Waals surface area contributed by atoms with Crippen molar-refractivity contribution in [2.75, 3.05) is 73.1 Å². The van der Waals surface area contributed by atoms with Gasteiger partial charge in [-0.25, -0.2) is 4.99 Å². The summed E-state index contributed by atoms with van der Waals surface area (Å²) in [6, 6.07) is 0. The molecule has 1 atom stereocenters. The molecule has 0 spiro atoms. The minimum Gasteiger partial charge on any atom is -0.379 e. The zero-order valence-corrected chi connectivity index (χ0v) is 20.6. The fourth-order valence-electron chi connectivity index (χ4n) is 4.50. The molecule has 2 saturated heterocycles. The molecule has 0 bridgehead atoms. The van der Waals surface area contributed by atoms with E-state index in [1.54, 1.807) is 19.0 Å². The van der Waals surface area contributed by atoms with Crippen LogP contribution in [0.25, 0.3) is 0 Å². The lowest BCUT2D eigenvalue weighted by Crippen LogP contribution is -2.44. The first kappa shape index (κ1) is 24.7. The summed E-state index contributed by atoms with van der Waals surface area (Å²) in [5.41, 5.74) is 0. The number of rotatable bonds is 6. The van der Waals surface area contributed by atoms with Crippen molar-refractivity contribution in [2.45, 2.75) is 38.5 Å². The van der Waals surface area contributed by atoms with Crippen LogP contribution in [-0.4, -0.2) is 99.7 Å². The molecule has 168 valence electrons. The highest BCUT2D eigenvalue weighted by atomic mass is 127. The Morgan fingerprint density at radius 2 is 1.79 bits per heavy atom. The molecule has 0 radical (unpaired) electrons. The zero-order valence-electron chi connectivity index (χ0n) is 18.3. The van der Waals surface area contributed by atoms with Gasteiger partial charge in [0.2, 0.25) is 5.91 Å². The highest BCUT2D eigenvalue weighted by Crippen LogP contribution is 2.23. The van der Waals surface area contributed by atoms with Gasteiger partial charge in [0.25, 0.3) is 0 Å². The minimum atomic E-state index is 0. The molecule has 1 aliphatic carbocycles. The number of amides is 1. The van der Waals surface area contributed by atoms with Crippen molar-refractivity contribution in [2.24, 2.45) is 16.8 Å². The molecule has 0 aromatic carbocycles. The maximum Gasteiger partial charge on any atom is 0.243 e. The number of guanidine groups is 1. The number of nitrogens with zero attached hydrogens (tertiary/aromatic N) is 4. The summed E-state index contributed by atoms with van der Waals surface area (Å²) in [6.45, 7) is 8.24. The van der Waals surface area contributed by atoms with Crippen molar-refractivity contribution in [1.29, 1.82) is 0 Å². The van der Waals surface area contributed by atoms with Gasteiger partial charge in [-0.2, -0.15) is 0 Å². The lowest BCUT2D eigenvalue weighted by atomic mass is 9.89. The molecule has 7 nitrogen and oxygen atoms in total. The van der Waals surface area contributed by atoms with Crippen molar-refractivity contribution in [1.82, 2.24) is 20.0 Å². The summed E-state index contributed by atoms with van der Waals surface area (Å²) in [5, 5.41) is 3.62. The van der Waals surface area contributed by atoms with Gasteiger partial charge < -0.3 is 19.9 Å². The number of carbonyl (C=O) groups excluding carboxylic acids is 1. The SMILES string of the molecule is CN(C)C(=O)CN=C(NCC1CCCCC1)N1CCC(CN2CCOCC2)C1.I. The van der Waals surface area contributed by atoms with E-state index in [0.717, 1.165) is 64.4 Å². The van der Waals surface area contributed by atoms with Gasteiger partial charge >= 0.3 is 0 Å². The van der Waals surface area contributed by atoms with Crippen LogP contribution in [0.2, 0.25) is 0 Å². The van der Waals surface area contributed by atoms with Gasteiger partial charge in [0.05, 0.1) is 13.2 Å². The molecule has 2 heterocycles. The van der Waals surface area contributed by atoms with E-state index < -0.39 is 0 Å². The number of aliphatic imine (C=N–C) groups is 1. The second kappa shape index (κ2) is 12.9. The van der Waals surface area contributed by atoms with Crippen LogP contribution in [0.3, 0.4) is 0 Å². The van der Waals surface area contributed by atoms with E-state index >= 15 is 0 Å². The van der Waals surface area contributed by atoms with Crippen LogP contribution < -0.4 is 5.32 Å². The number of likely N-dealkylation sites (tertiary alicyclic amines) is 1. The molecule has 3 rings (SSSR count). The average Bonchev–Trinajstić information content (AvgIpc) is 3.17. The Morgan fingerprint density at radius 3 is 2.48 bits per heavy atom. The maximum absolute atomic E-state index is 12.0. The summed E-state index contributed by atoms with van der Waals surface area (Å²) >= 11 is 0. The van der Waals surface area contributed by atoms with Gasteiger partial charge in [-0.15, -0.1) is 24.0 Å². The highest BCUT2D eigenvalue weighted by Gasteiger charge is 2.28. The lowest BCUT2D eigenvalue weighted by Gasteiger charge is -2.29. The first-order valence-electron chi connectivity index (χ1n) is 11.2. The third kappa shape index (κ3) is 8.20. The second-order valence-electron chi connectivity index (χ2n) is 8.83. The second-order valence-corrected chi connectivity index (χ2v) is 8.83. The first-order chi connectivity index (χ1) is 13.6. The Bertz CT molecular complexity index is 519. The van der Waals surface area contributed by atoms with E-state index in [2.05, 4.69) is 15.1 Å². The number of morpholine rings is 1. The number of hydrogen-bond donors (Lipinski definition) is 1. The topological polar surface area (TPSA) is 60.4 Å². The number of ether oxygens (including phenoxy) is 1. The molecule has 8 heteroatoms. The molecule has 0 aromatic rings. The van der Waals surface area contributed by atoms with Gasteiger partial charge in [-0.1, -0.05) is 19.3 Å². The van der Waals surface area contributed by atoms with Gasteiger partial charge in [-0.05, 0) is 31.1 Å². The smallest absolute Gasteiger partial charge is 0.243 e. The molecule has 3 aliphatic rings. The zero-order chi connectivity index (χ0) is 19.8. The lowest BCUT2D eigenvalue weighted by molar-refractivity contribution is -0.127. The maximum atomic E-state index is 12.0. The quantitative estimate of drug-likeness (QED) is 0.329. The van der Waals surface area contributed by atoms with Crippen LogP contribution >= 0.6 is 24.0 Å². The summed E-state index contributed by atoms with van der Waals surface area (Å²) in [4.78, 5) is 23.3. The molecule has 3 fully saturated rings. The summed E-state index contributed by atoms with van der Waals surface area (Å²) in [5.74, 6) is 2.41. The minimum absolute atomic E-state index is 0. The Morgan fingerprint density at radius 1 is 1.07 bits per heavy atom. The summed E-state index contributed by atoms with van der Waals surface area (Å²) in [7, 11) is 3.59. The van der Waals surface area contributed by atoms with E-state index in [1.807, 2.05) is 0 Å².